The summed E-state index contributed by atoms with van der Waals surface area (Å²) >= 11 is 0. The molecule has 2 heteroatoms. The second-order valence-electron chi connectivity index (χ2n) is 8.98. The van der Waals surface area contributed by atoms with E-state index in [9.17, 15) is 5.11 Å². The third-order valence-electron chi connectivity index (χ3n) is 8.32. The van der Waals surface area contributed by atoms with Gasteiger partial charge < -0.3 is 9.84 Å². The Morgan fingerprint density at radius 1 is 1.00 bits per heavy atom. The number of methoxy groups -OCH3 is 1. The Kier molecular flexibility index (Phi) is 5.20. The molecule has 2 nitrogen and oxygen atoms in total. The zero-order chi connectivity index (χ0) is 17.5. The van der Waals surface area contributed by atoms with Crippen LogP contribution >= 0.6 is 0 Å². The maximum absolute atomic E-state index is 10.5. The highest BCUT2D eigenvalue weighted by molar-refractivity contribution is 5.25. The topological polar surface area (TPSA) is 29.5 Å². The van der Waals surface area contributed by atoms with Crippen LogP contribution in [0, 0.1) is 28.6 Å². The van der Waals surface area contributed by atoms with Gasteiger partial charge in [0.15, 0.2) is 0 Å². The van der Waals surface area contributed by atoms with Crippen molar-refractivity contribution in [1.29, 1.82) is 0 Å². The molecule has 0 radical (unpaired) electrons. The fourth-order valence-corrected chi connectivity index (χ4v) is 6.85. The zero-order valence-electron chi connectivity index (χ0n) is 16.5. The standard InChI is InChI=1S/C20H32O2.C2H6/c1-19-10-8-14(22-3)12-13(19)4-5-15-16-6-7-18(21)20(16,2)11-9-17(15)19;1-2/h12,14-18,21H,4-11H2,1-3H3;1-2H3. The molecule has 1 N–H and O–H groups in total. The number of aliphatic hydroxyl groups is 1. The summed E-state index contributed by atoms with van der Waals surface area (Å²) in [5, 5.41) is 10.5. The number of ether oxygens (including phenoxy) is 1. The van der Waals surface area contributed by atoms with Crippen LogP contribution in [0.3, 0.4) is 0 Å². The summed E-state index contributed by atoms with van der Waals surface area (Å²) in [5.41, 5.74) is 2.31. The molecule has 7 unspecified atom stereocenters. The van der Waals surface area contributed by atoms with Crippen LogP contribution in [-0.4, -0.2) is 24.4 Å². The minimum atomic E-state index is -0.0487. The average molecular weight is 335 g/mol. The highest BCUT2D eigenvalue weighted by atomic mass is 16.5. The summed E-state index contributed by atoms with van der Waals surface area (Å²) in [5.74, 6) is 2.45. The molecule has 0 aromatic heterocycles. The number of hydrogen-bond donors (Lipinski definition) is 1. The van der Waals surface area contributed by atoms with Gasteiger partial charge in [0.1, 0.15) is 0 Å². The van der Waals surface area contributed by atoms with Gasteiger partial charge in [-0.3, -0.25) is 0 Å². The normalized spacial score (nSPS) is 49.9. The highest BCUT2D eigenvalue weighted by Gasteiger charge is 2.58. The van der Waals surface area contributed by atoms with Gasteiger partial charge in [0.25, 0.3) is 0 Å². The first kappa shape index (κ1) is 18.5. The van der Waals surface area contributed by atoms with E-state index in [2.05, 4.69) is 19.9 Å². The summed E-state index contributed by atoms with van der Waals surface area (Å²) in [4.78, 5) is 0. The fraction of sp³-hybridized carbons (Fsp3) is 0.909. The molecular formula is C22H38O2. The first-order valence-electron chi connectivity index (χ1n) is 10.4. The molecule has 0 bridgehead atoms. The van der Waals surface area contributed by atoms with E-state index in [-0.39, 0.29) is 11.5 Å². The number of hydrogen-bond acceptors (Lipinski definition) is 2. The van der Waals surface area contributed by atoms with Gasteiger partial charge in [0, 0.05) is 7.11 Å². The minimum absolute atomic E-state index is 0.0487. The van der Waals surface area contributed by atoms with Gasteiger partial charge in [0.05, 0.1) is 12.2 Å². The summed E-state index contributed by atoms with van der Waals surface area (Å²) in [7, 11) is 1.85. The van der Waals surface area contributed by atoms with Crippen LogP contribution in [0.1, 0.15) is 79.1 Å². The number of fused-ring (bicyclic) bond motifs is 5. The van der Waals surface area contributed by atoms with E-state index < -0.39 is 0 Å². The van der Waals surface area contributed by atoms with Gasteiger partial charge in [-0.25, -0.2) is 0 Å². The van der Waals surface area contributed by atoms with Crippen LogP contribution in [0.4, 0.5) is 0 Å². The van der Waals surface area contributed by atoms with Crippen LogP contribution in [0.5, 0.6) is 0 Å². The predicted octanol–water partition coefficient (Wildman–Crippen LogP) is 5.35. The molecule has 0 aliphatic heterocycles. The van der Waals surface area contributed by atoms with Gasteiger partial charge in [-0.15, -0.1) is 0 Å². The molecule has 3 saturated carbocycles. The van der Waals surface area contributed by atoms with Crippen molar-refractivity contribution in [3.8, 4) is 0 Å². The quantitative estimate of drug-likeness (QED) is 0.655. The van der Waals surface area contributed by atoms with Gasteiger partial charge in [-0.05, 0) is 80.0 Å². The third-order valence-corrected chi connectivity index (χ3v) is 8.32. The SMILES string of the molecule is CC.COC1C=C2CCC3C(CCC4(C)C(O)CCC34)C2(C)CC1. The lowest BCUT2D eigenvalue weighted by molar-refractivity contribution is -0.0769. The van der Waals surface area contributed by atoms with Crippen LogP contribution in [0.2, 0.25) is 0 Å². The number of aliphatic hydroxyl groups excluding tert-OH is 1. The van der Waals surface area contributed by atoms with Crippen molar-refractivity contribution >= 4 is 0 Å². The first-order chi connectivity index (χ1) is 11.5. The van der Waals surface area contributed by atoms with Crippen molar-refractivity contribution in [2.75, 3.05) is 7.11 Å². The van der Waals surface area contributed by atoms with Crippen LogP contribution in [0.15, 0.2) is 11.6 Å². The summed E-state index contributed by atoms with van der Waals surface area (Å²) in [6, 6.07) is 0. The van der Waals surface area contributed by atoms with E-state index in [0.29, 0.717) is 11.5 Å². The molecule has 24 heavy (non-hydrogen) atoms. The van der Waals surface area contributed by atoms with Gasteiger partial charge >= 0.3 is 0 Å². The van der Waals surface area contributed by atoms with Gasteiger partial charge in [-0.2, -0.15) is 0 Å². The van der Waals surface area contributed by atoms with Crippen molar-refractivity contribution < 1.29 is 9.84 Å². The summed E-state index contributed by atoms with van der Waals surface area (Å²) in [6.45, 7) is 8.91. The zero-order valence-corrected chi connectivity index (χ0v) is 16.5. The molecule has 0 aromatic rings. The van der Waals surface area contributed by atoms with E-state index >= 15 is 0 Å². The Morgan fingerprint density at radius 3 is 2.46 bits per heavy atom. The Hall–Kier alpha value is -0.340. The Balaban J connectivity index is 0.000000815. The van der Waals surface area contributed by atoms with E-state index in [0.717, 1.165) is 24.2 Å². The molecule has 7 atom stereocenters. The van der Waals surface area contributed by atoms with Crippen molar-refractivity contribution in [3.63, 3.8) is 0 Å². The molecule has 4 aliphatic carbocycles. The van der Waals surface area contributed by atoms with Crippen molar-refractivity contribution in [2.24, 2.45) is 28.6 Å². The molecule has 3 fully saturated rings. The van der Waals surface area contributed by atoms with Crippen LogP contribution in [-0.2, 0) is 4.74 Å². The van der Waals surface area contributed by atoms with E-state index in [1.165, 1.54) is 44.9 Å². The molecule has 0 aromatic carbocycles. The molecule has 0 amide bonds. The Bertz CT molecular complexity index is 484. The minimum Gasteiger partial charge on any atom is -0.393 e. The highest BCUT2D eigenvalue weighted by Crippen LogP contribution is 2.65. The van der Waals surface area contributed by atoms with Crippen LogP contribution < -0.4 is 0 Å². The molecule has 0 heterocycles. The predicted molar refractivity (Wildman–Crippen MR) is 99.9 cm³/mol. The maximum atomic E-state index is 10.5. The Morgan fingerprint density at radius 2 is 1.75 bits per heavy atom. The van der Waals surface area contributed by atoms with E-state index in [1.807, 2.05) is 21.0 Å². The number of rotatable bonds is 1. The first-order valence-corrected chi connectivity index (χ1v) is 10.4. The summed E-state index contributed by atoms with van der Waals surface area (Å²) in [6.07, 6.45) is 12.7. The van der Waals surface area contributed by atoms with Crippen LogP contribution in [0.25, 0.3) is 0 Å². The maximum Gasteiger partial charge on any atom is 0.0755 e. The summed E-state index contributed by atoms with van der Waals surface area (Å²) < 4.78 is 5.61. The molecule has 138 valence electrons. The lowest BCUT2D eigenvalue weighted by atomic mass is 9.47. The third kappa shape index (κ3) is 2.60. The molecule has 4 aliphatic rings. The second-order valence-corrected chi connectivity index (χ2v) is 8.98. The largest absolute Gasteiger partial charge is 0.393 e. The van der Waals surface area contributed by atoms with Crippen molar-refractivity contribution in [2.45, 2.75) is 91.3 Å². The van der Waals surface area contributed by atoms with Gasteiger partial charge in [0.2, 0.25) is 0 Å². The van der Waals surface area contributed by atoms with E-state index in [1.54, 1.807) is 5.57 Å². The Labute approximate surface area is 149 Å². The molecular weight excluding hydrogens is 296 g/mol. The fourth-order valence-electron chi connectivity index (χ4n) is 6.85. The van der Waals surface area contributed by atoms with Gasteiger partial charge in [-0.1, -0.05) is 39.3 Å². The lowest BCUT2D eigenvalue weighted by Gasteiger charge is -2.58. The number of allylic oxidation sites excluding steroid dienone is 1. The average Bonchev–Trinajstić information content (AvgIpc) is 2.91. The van der Waals surface area contributed by atoms with E-state index in [4.69, 9.17) is 4.74 Å². The van der Waals surface area contributed by atoms with Crippen molar-refractivity contribution in [3.05, 3.63) is 11.6 Å². The smallest absolute Gasteiger partial charge is 0.0755 e. The van der Waals surface area contributed by atoms with Crippen molar-refractivity contribution in [1.82, 2.24) is 0 Å². The lowest BCUT2D eigenvalue weighted by Crippen LogP contribution is -2.51. The monoisotopic (exact) mass is 334 g/mol. The second kappa shape index (κ2) is 6.76. The molecule has 0 saturated heterocycles. The molecule has 4 rings (SSSR count). The molecule has 0 spiro atoms.